The molecule has 1 aliphatic carbocycles. The molecule has 6 nitrogen and oxygen atoms in total. The monoisotopic (exact) mass is 284 g/mol. The summed E-state index contributed by atoms with van der Waals surface area (Å²) < 4.78 is 1.41. The standard InChI is InChI=1S/C12H17ClN4O2/c1-16(2)10(18)6-14-11-9(13)5-15-17(12(11)19)7-8-3-4-8/h5,8,14H,3-4,6-7H2,1-2H3. The Morgan fingerprint density at radius 3 is 2.84 bits per heavy atom. The molecule has 1 fully saturated rings. The zero-order valence-electron chi connectivity index (χ0n) is 11.0. The van der Waals surface area contributed by atoms with E-state index in [-0.39, 0.29) is 28.7 Å². The Morgan fingerprint density at radius 2 is 2.26 bits per heavy atom. The first-order valence-electron chi connectivity index (χ1n) is 6.18. The van der Waals surface area contributed by atoms with Crippen LogP contribution in [0.1, 0.15) is 12.8 Å². The van der Waals surface area contributed by atoms with Crippen LogP contribution in [-0.4, -0.2) is 41.2 Å². The highest BCUT2D eigenvalue weighted by atomic mass is 35.5. The first kappa shape index (κ1) is 13.9. The predicted octanol–water partition coefficient (Wildman–Crippen LogP) is 0.807. The highest BCUT2D eigenvalue weighted by Crippen LogP contribution is 2.30. The molecule has 0 aromatic carbocycles. The minimum absolute atomic E-state index is 0.0371. The average molecular weight is 285 g/mol. The van der Waals surface area contributed by atoms with Crippen LogP contribution in [0.2, 0.25) is 5.02 Å². The molecule has 1 N–H and O–H groups in total. The van der Waals surface area contributed by atoms with Gasteiger partial charge in [-0.1, -0.05) is 11.6 Å². The molecule has 0 spiro atoms. The SMILES string of the molecule is CN(C)C(=O)CNc1c(Cl)cnn(CC2CC2)c1=O. The van der Waals surface area contributed by atoms with Gasteiger partial charge in [0.15, 0.2) is 0 Å². The number of hydrogen-bond acceptors (Lipinski definition) is 4. The van der Waals surface area contributed by atoms with Gasteiger partial charge in [-0.2, -0.15) is 5.10 Å². The van der Waals surface area contributed by atoms with E-state index in [9.17, 15) is 9.59 Å². The zero-order valence-corrected chi connectivity index (χ0v) is 11.8. The molecule has 0 atom stereocenters. The Bertz CT molecular complexity index is 537. The summed E-state index contributed by atoms with van der Waals surface area (Å²) in [5, 5.41) is 7.06. The lowest BCUT2D eigenvalue weighted by Gasteiger charge is -2.13. The van der Waals surface area contributed by atoms with Crippen LogP contribution < -0.4 is 10.9 Å². The Hall–Kier alpha value is -1.56. The number of carbonyl (C=O) groups is 1. The maximum atomic E-state index is 12.2. The molecular formula is C12H17ClN4O2. The van der Waals surface area contributed by atoms with Gasteiger partial charge in [-0.05, 0) is 18.8 Å². The second-order valence-electron chi connectivity index (χ2n) is 4.94. The number of aromatic nitrogens is 2. The summed E-state index contributed by atoms with van der Waals surface area (Å²) in [5.41, 5.74) is -0.0292. The third kappa shape index (κ3) is 3.47. The maximum Gasteiger partial charge on any atom is 0.291 e. The van der Waals surface area contributed by atoms with Crippen molar-refractivity contribution in [3.63, 3.8) is 0 Å². The van der Waals surface area contributed by atoms with Crippen LogP contribution in [0.3, 0.4) is 0 Å². The lowest BCUT2D eigenvalue weighted by molar-refractivity contribution is -0.126. The molecule has 1 aromatic heterocycles. The summed E-state index contributed by atoms with van der Waals surface area (Å²) in [7, 11) is 3.31. The number of nitrogens with one attached hydrogen (secondary N) is 1. The van der Waals surface area contributed by atoms with E-state index < -0.39 is 0 Å². The first-order chi connectivity index (χ1) is 8.99. The van der Waals surface area contributed by atoms with E-state index in [1.165, 1.54) is 15.8 Å². The minimum Gasteiger partial charge on any atom is -0.370 e. The fraction of sp³-hybridized carbons (Fsp3) is 0.583. The predicted molar refractivity (Wildman–Crippen MR) is 73.4 cm³/mol. The topological polar surface area (TPSA) is 67.2 Å². The van der Waals surface area contributed by atoms with Gasteiger partial charge in [0, 0.05) is 20.6 Å². The Balaban J connectivity index is 2.13. The van der Waals surface area contributed by atoms with Crippen molar-refractivity contribution in [2.45, 2.75) is 19.4 Å². The van der Waals surface area contributed by atoms with Gasteiger partial charge < -0.3 is 10.2 Å². The van der Waals surface area contributed by atoms with Crippen LogP contribution in [0.25, 0.3) is 0 Å². The van der Waals surface area contributed by atoms with Crippen molar-refractivity contribution < 1.29 is 4.79 Å². The molecule has 1 amide bonds. The molecular weight excluding hydrogens is 268 g/mol. The first-order valence-corrected chi connectivity index (χ1v) is 6.56. The van der Waals surface area contributed by atoms with Crippen molar-refractivity contribution in [2.75, 3.05) is 26.0 Å². The van der Waals surface area contributed by atoms with Crippen LogP contribution in [0.4, 0.5) is 5.69 Å². The van der Waals surface area contributed by atoms with E-state index in [1.54, 1.807) is 14.1 Å². The highest BCUT2D eigenvalue weighted by Gasteiger charge is 2.23. The number of amides is 1. The van der Waals surface area contributed by atoms with Crippen molar-refractivity contribution in [3.05, 3.63) is 21.6 Å². The molecule has 0 saturated heterocycles. The third-order valence-electron chi connectivity index (χ3n) is 3.04. The number of likely N-dealkylation sites (N-methyl/N-ethyl adjacent to an activating group) is 1. The van der Waals surface area contributed by atoms with Gasteiger partial charge in [0.2, 0.25) is 5.91 Å². The second-order valence-corrected chi connectivity index (χ2v) is 5.35. The Morgan fingerprint density at radius 1 is 1.58 bits per heavy atom. The summed E-state index contributed by atoms with van der Waals surface area (Å²) in [6, 6.07) is 0. The van der Waals surface area contributed by atoms with E-state index in [4.69, 9.17) is 11.6 Å². The fourth-order valence-electron chi connectivity index (χ4n) is 1.63. The van der Waals surface area contributed by atoms with Crippen LogP contribution in [-0.2, 0) is 11.3 Å². The normalized spacial score (nSPS) is 14.3. The summed E-state index contributed by atoms with van der Waals surface area (Å²) in [6.45, 7) is 0.654. The summed E-state index contributed by atoms with van der Waals surface area (Å²) in [5.74, 6) is 0.420. The molecule has 7 heteroatoms. The molecule has 19 heavy (non-hydrogen) atoms. The van der Waals surface area contributed by atoms with E-state index in [2.05, 4.69) is 10.4 Å². The van der Waals surface area contributed by atoms with Gasteiger partial charge in [-0.25, -0.2) is 4.68 Å². The highest BCUT2D eigenvalue weighted by molar-refractivity contribution is 6.33. The van der Waals surface area contributed by atoms with Crippen LogP contribution in [0, 0.1) is 5.92 Å². The maximum absolute atomic E-state index is 12.2. The molecule has 0 unspecified atom stereocenters. The summed E-state index contributed by atoms with van der Waals surface area (Å²) in [6.07, 6.45) is 3.71. The Labute approximate surface area is 116 Å². The van der Waals surface area contributed by atoms with Crippen molar-refractivity contribution in [2.24, 2.45) is 5.92 Å². The van der Waals surface area contributed by atoms with Gasteiger partial charge in [-0.3, -0.25) is 9.59 Å². The number of halogens is 1. The lowest BCUT2D eigenvalue weighted by atomic mass is 10.4. The molecule has 1 heterocycles. The number of nitrogens with zero attached hydrogens (tertiary/aromatic N) is 3. The number of rotatable bonds is 5. The molecule has 1 aromatic rings. The van der Waals surface area contributed by atoms with Crippen LogP contribution >= 0.6 is 11.6 Å². The van der Waals surface area contributed by atoms with Crippen molar-refractivity contribution in [1.29, 1.82) is 0 Å². The van der Waals surface area contributed by atoms with Crippen LogP contribution in [0.15, 0.2) is 11.0 Å². The van der Waals surface area contributed by atoms with E-state index in [0.717, 1.165) is 12.8 Å². The molecule has 104 valence electrons. The van der Waals surface area contributed by atoms with Gasteiger partial charge in [-0.15, -0.1) is 0 Å². The third-order valence-corrected chi connectivity index (χ3v) is 3.33. The second kappa shape index (κ2) is 5.61. The average Bonchev–Trinajstić information content (AvgIpc) is 3.16. The van der Waals surface area contributed by atoms with E-state index in [1.807, 2.05) is 0 Å². The molecule has 1 aliphatic rings. The van der Waals surface area contributed by atoms with E-state index in [0.29, 0.717) is 12.5 Å². The fourth-order valence-corrected chi connectivity index (χ4v) is 1.82. The largest absolute Gasteiger partial charge is 0.370 e. The number of anilines is 1. The van der Waals surface area contributed by atoms with Gasteiger partial charge >= 0.3 is 0 Å². The minimum atomic E-state index is -0.272. The molecule has 1 saturated carbocycles. The van der Waals surface area contributed by atoms with Crippen LogP contribution in [0.5, 0.6) is 0 Å². The number of carbonyl (C=O) groups excluding carboxylic acids is 1. The van der Waals surface area contributed by atoms with Gasteiger partial charge in [0.25, 0.3) is 5.56 Å². The van der Waals surface area contributed by atoms with Gasteiger partial charge in [0.1, 0.15) is 5.69 Å². The van der Waals surface area contributed by atoms with Crippen molar-refractivity contribution in [1.82, 2.24) is 14.7 Å². The molecule has 0 radical (unpaired) electrons. The quantitative estimate of drug-likeness (QED) is 0.869. The summed E-state index contributed by atoms with van der Waals surface area (Å²) >= 11 is 5.95. The van der Waals surface area contributed by atoms with Gasteiger partial charge in [0.05, 0.1) is 17.8 Å². The lowest BCUT2D eigenvalue weighted by Crippen LogP contribution is -2.32. The van der Waals surface area contributed by atoms with Crippen molar-refractivity contribution >= 4 is 23.2 Å². The zero-order chi connectivity index (χ0) is 14.0. The molecule has 0 aliphatic heterocycles. The van der Waals surface area contributed by atoms with E-state index >= 15 is 0 Å². The molecule has 2 rings (SSSR count). The van der Waals surface area contributed by atoms with Crippen molar-refractivity contribution in [3.8, 4) is 0 Å². The number of hydrogen-bond donors (Lipinski definition) is 1. The molecule has 0 bridgehead atoms. The Kier molecular flexibility index (Phi) is 4.09. The summed E-state index contributed by atoms with van der Waals surface area (Å²) in [4.78, 5) is 25.1. The smallest absolute Gasteiger partial charge is 0.291 e.